The lowest BCUT2D eigenvalue weighted by molar-refractivity contribution is -0.260. The van der Waals surface area contributed by atoms with Crippen LogP contribution in [-0.4, -0.2) is 69.7 Å². The van der Waals surface area contributed by atoms with Gasteiger partial charge in [0.25, 0.3) is 11.8 Å². The number of aromatic nitrogens is 2. The lowest BCUT2D eigenvalue weighted by Gasteiger charge is -2.35. The first kappa shape index (κ1) is 29.1. The van der Waals surface area contributed by atoms with Gasteiger partial charge in [-0.1, -0.05) is 29.3 Å². The normalized spacial score (nSPS) is 13.2. The van der Waals surface area contributed by atoms with Crippen molar-refractivity contribution in [2.24, 2.45) is 0 Å². The number of aliphatic hydroxyl groups is 1. The summed E-state index contributed by atoms with van der Waals surface area (Å²) in [6, 6.07) is 8.77. The van der Waals surface area contributed by atoms with Gasteiger partial charge in [-0.15, -0.1) is 0 Å². The molecule has 1 aromatic heterocycles. The van der Waals surface area contributed by atoms with E-state index in [1.807, 2.05) is 5.32 Å². The SMILES string of the molecule is Nc1c(C(=O)NCC(O)(CN(CCF)C(=O)c2c(Cl)cccc2Cl)C(F)(F)F)cnn1-c1ccc(F)cc1. The number of hydrogen-bond acceptors (Lipinski definition) is 5. The highest BCUT2D eigenvalue weighted by Crippen LogP contribution is 2.33. The van der Waals surface area contributed by atoms with E-state index in [4.69, 9.17) is 28.9 Å². The Kier molecular flexibility index (Phi) is 8.85. The summed E-state index contributed by atoms with van der Waals surface area (Å²) in [6.45, 7) is -4.95. The Morgan fingerprint density at radius 2 is 1.71 bits per heavy atom. The van der Waals surface area contributed by atoms with E-state index in [1.165, 1.54) is 30.3 Å². The number of amides is 2. The van der Waals surface area contributed by atoms with Crippen molar-refractivity contribution in [2.75, 3.05) is 32.0 Å². The van der Waals surface area contributed by atoms with Crippen LogP contribution < -0.4 is 11.1 Å². The molecule has 0 radical (unpaired) electrons. The molecule has 4 N–H and O–H groups in total. The van der Waals surface area contributed by atoms with Crippen molar-refractivity contribution in [3.63, 3.8) is 0 Å². The maximum atomic E-state index is 14.0. The summed E-state index contributed by atoms with van der Waals surface area (Å²) in [6.07, 6.45) is -4.40. The number of rotatable bonds is 9. The molecule has 0 bridgehead atoms. The Morgan fingerprint density at radius 3 is 2.26 bits per heavy atom. The van der Waals surface area contributed by atoms with Crippen molar-refractivity contribution < 1.29 is 36.6 Å². The number of hydrogen-bond donors (Lipinski definition) is 3. The third kappa shape index (κ3) is 6.17. The number of alkyl halides is 4. The van der Waals surface area contributed by atoms with Crippen molar-refractivity contribution in [3.05, 3.63) is 75.7 Å². The molecule has 2 amide bonds. The molecule has 1 unspecified atom stereocenters. The highest BCUT2D eigenvalue weighted by atomic mass is 35.5. The topological polar surface area (TPSA) is 113 Å². The molecule has 3 aromatic rings. The first-order valence-corrected chi connectivity index (χ1v) is 11.5. The van der Waals surface area contributed by atoms with Crippen LogP contribution in [0.4, 0.5) is 27.8 Å². The minimum Gasteiger partial charge on any atom is -0.383 e. The van der Waals surface area contributed by atoms with Crippen LogP contribution >= 0.6 is 23.2 Å². The molecule has 2 aromatic carbocycles. The van der Waals surface area contributed by atoms with Crippen LogP contribution in [0.25, 0.3) is 5.69 Å². The lowest BCUT2D eigenvalue weighted by Crippen LogP contribution is -2.60. The number of anilines is 1. The van der Waals surface area contributed by atoms with Gasteiger partial charge in [0, 0.05) is 6.54 Å². The van der Waals surface area contributed by atoms with E-state index in [0.717, 1.165) is 23.0 Å². The minimum atomic E-state index is -5.37. The summed E-state index contributed by atoms with van der Waals surface area (Å²) in [5.41, 5.74) is 1.75. The van der Waals surface area contributed by atoms with Crippen molar-refractivity contribution in [1.29, 1.82) is 0 Å². The van der Waals surface area contributed by atoms with Gasteiger partial charge >= 0.3 is 6.18 Å². The lowest BCUT2D eigenvalue weighted by atomic mass is 10.0. The van der Waals surface area contributed by atoms with Crippen LogP contribution in [0, 0.1) is 5.82 Å². The number of nitrogens with zero attached hydrogens (tertiary/aromatic N) is 3. The molecule has 0 aliphatic heterocycles. The summed E-state index contributed by atoms with van der Waals surface area (Å²) in [5, 5.41) is 16.0. The predicted molar refractivity (Wildman–Crippen MR) is 130 cm³/mol. The Labute approximate surface area is 222 Å². The molecule has 204 valence electrons. The number of nitrogen functional groups attached to an aromatic ring is 1. The number of nitrogens with two attached hydrogens (primary N) is 1. The molecular weight excluding hydrogens is 560 g/mol. The zero-order valence-electron chi connectivity index (χ0n) is 19.3. The van der Waals surface area contributed by atoms with E-state index in [9.17, 15) is 36.6 Å². The second-order valence-corrected chi connectivity index (χ2v) is 8.87. The Bertz CT molecular complexity index is 1300. The molecular formula is C23H20Cl2F5N5O3. The van der Waals surface area contributed by atoms with E-state index in [-0.39, 0.29) is 32.7 Å². The molecule has 8 nitrogen and oxygen atoms in total. The van der Waals surface area contributed by atoms with Crippen molar-refractivity contribution in [2.45, 2.75) is 11.8 Å². The first-order chi connectivity index (χ1) is 17.8. The Balaban J connectivity index is 1.83. The van der Waals surface area contributed by atoms with Crippen LogP contribution in [-0.2, 0) is 0 Å². The highest BCUT2D eigenvalue weighted by molar-refractivity contribution is 6.39. The fraction of sp³-hybridized carbons (Fsp3) is 0.261. The maximum absolute atomic E-state index is 14.0. The van der Waals surface area contributed by atoms with Crippen LogP contribution in [0.1, 0.15) is 20.7 Å². The van der Waals surface area contributed by atoms with Gasteiger partial charge in [0.15, 0.2) is 5.60 Å². The quantitative estimate of drug-likeness (QED) is 0.331. The summed E-state index contributed by atoms with van der Waals surface area (Å²) in [5.74, 6) is -3.10. The Morgan fingerprint density at radius 1 is 1.11 bits per heavy atom. The molecule has 0 saturated carbocycles. The first-order valence-electron chi connectivity index (χ1n) is 10.7. The van der Waals surface area contributed by atoms with E-state index >= 15 is 0 Å². The van der Waals surface area contributed by atoms with Crippen LogP contribution in [0.2, 0.25) is 10.0 Å². The molecule has 38 heavy (non-hydrogen) atoms. The summed E-state index contributed by atoms with van der Waals surface area (Å²) in [4.78, 5) is 25.9. The average Bonchev–Trinajstić information content (AvgIpc) is 3.23. The van der Waals surface area contributed by atoms with Gasteiger partial charge < -0.3 is 21.1 Å². The maximum Gasteiger partial charge on any atom is 0.420 e. The fourth-order valence-corrected chi connectivity index (χ4v) is 3.98. The molecule has 3 rings (SSSR count). The van der Waals surface area contributed by atoms with Gasteiger partial charge in [0.1, 0.15) is 23.9 Å². The van der Waals surface area contributed by atoms with Gasteiger partial charge in [-0.25, -0.2) is 13.5 Å². The number of halogens is 7. The van der Waals surface area contributed by atoms with Crippen LogP contribution in [0.15, 0.2) is 48.7 Å². The zero-order valence-corrected chi connectivity index (χ0v) is 20.8. The molecule has 1 atom stereocenters. The summed E-state index contributed by atoms with van der Waals surface area (Å²) < 4.78 is 69.3. The third-order valence-corrected chi connectivity index (χ3v) is 6.09. The summed E-state index contributed by atoms with van der Waals surface area (Å²) >= 11 is 11.9. The smallest absolute Gasteiger partial charge is 0.383 e. The number of benzene rings is 2. The van der Waals surface area contributed by atoms with E-state index in [0.29, 0.717) is 4.90 Å². The number of carbonyl (C=O) groups is 2. The van der Waals surface area contributed by atoms with Crippen molar-refractivity contribution >= 4 is 40.8 Å². The molecule has 0 fully saturated rings. The summed E-state index contributed by atoms with van der Waals surface area (Å²) in [7, 11) is 0. The molecule has 15 heteroatoms. The van der Waals surface area contributed by atoms with Crippen molar-refractivity contribution in [3.8, 4) is 5.69 Å². The van der Waals surface area contributed by atoms with E-state index < -0.39 is 55.7 Å². The van der Waals surface area contributed by atoms with Gasteiger partial charge in [0.2, 0.25) is 0 Å². The standard InChI is InChI=1S/C23H20Cl2F5N5O3/c24-16-2-1-3-17(25)18(16)21(37)34(9-8-26)12-22(38,23(28,29)30)11-32-20(36)15-10-33-35(19(15)31)14-6-4-13(27)5-7-14/h1-7,10,38H,8-9,11-12,31H2,(H,32,36). The van der Waals surface area contributed by atoms with Crippen LogP contribution in [0.3, 0.4) is 0 Å². The second-order valence-electron chi connectivity index (χ2n) is 8.06. The number of carbonyl (C=O) groups excluding carboxylic acids is 2. The van der Waals surface area contributed by atoms with E-state index in [1.54, 1.807) is 0 Å². The number of nitrogens with one attached hydrogen (secondary N) is 1. The largest absolute Gasteiger partial charge is 0.420 e. The monoisotopic (exact) mass is 579 g/mol. The van der Waals surface area contributed by atoms with Gasteiger partial charge in [-0.2, -0.15) is 18.3 Å². The molecule has 0 aliphatic carbocycles. The van der Waals surface area contributed by atoms with Crippen molar-refractivity contribution in [1.82, 2.24) is 20.0 Å². The molecule has 0 saturated heterocycles. The highest BCUT2D eigenvalue weighted by Gasteiger charge is 2.55. The minimum absolute atomic E-state index is 0.191. The predicted octanol–water partition coefficient (Wildman–Crippen LogP) is 4.04. The Hall–Kier alpha value is -3.42. The van der Waals surface area contributed by atoms with Gasteiger partial charge in [-0.3, -0.25) is 9.59 Å². The van der Waals surface area contributed by atoms with Crippen LogP contribution in [0.5, 0.6) is 0 Å². The molecule has 0 spiro atoms. The second kappa shape index (κ2) is 11.5. The van der Waals surface area contributed by atoms with E-state index in [2.05, 4.69) is 5.10 Å². The third-order valence-electron chi connectivity index (χ3n) is 5.46. The molecule has 1 heterocycles. The average molecular weight is 580 g/mol. The van der Waals surface area contributed by atoms with Gasteiger partial charge in [0.05, 0.1) is 40.6 Å². The van der Waals surface area contributed by atoms with Gasteiger partial charge in [-0.05, 0) is 36.4 Å². The fourth-order valence-electron chi connectivity index (χ4n) is 3.42. The molecule has 0 aliphatic rings. The zero-order chi connectivity index (χ0) is 28.3.